The fraction of sp³-hybridized carbons (Fsp3) is 0.182. The Bertz CT molecular complexity index is 1220. The van der Waals surface area contributed by atoms with Crippen molar-refractivity contribution in [3.8, 4) is 6.07 Å². The van der Waals surface area contributed by atoms with Crippen LogP contribution >= 0.6 is 34.7 Å². The molecule has 0 bridgehead atoms. The molecule has 31 heavy (non-hydrogen) atoms. The fourth-order valence-electron chi connectivity index (χ4n) is 3.33. The Morgan fingerprint density at radius 3 is 2.81 bits per heavy atom. The van der Waals surface area contributed by atoms with E-state index < -0.39 is 4.92 Å². The van der Waals surface area contributed by atoms with Gasteiger partial charge in [0.2, 0.25) is 0 Å². The minimum absolute atomic E-state index is 0.0107. The molecule has 0 spiro atoms. The first kappa shape index (κ1) is 21.5. The van der Waals surface area contributed by atoms with Crippen LogP contribution in [0.3, 0.4) is 0 Å². The van der Waals surface area contributed by atoms with Gasteiger partial charge in [0.15, 0.2) is 0 Å². The van der Waals surface area contributed by atoms with E-state index in [1.165, 1.54) is 29.2 Å². The number of rotatable bonds is 5. The van der Waals surface area contributed by atoms with Crippen LogP contribution in [0.4, 0.5) is 10.7 Å². The Morgan fingerprint density at radius 2 is 2.10 bits per heavy atom. The highest BCUT2D eigenvalue weighted by atomic mass is 35.5. The molecule has 2 heterocycles. The maximum Gasteiger partial charge on any atom is 0.283 e. The Morgan fingerprint density at radius 1 is 1.32 bits per heavy atom. The lowest BCUT2D eigenvalue weighted by Crippen LogP contribution is -2.25. The molecule has 1 aliphatic rings. The highest BCUT2D eigenvalue weighted by molar-refractivity contribution is 7.99. The lowest BCUT2D eigenvalue weighted by atomic mass is 10.0. The van der Waals surface area contributed by atoms with Gasteiger partial charge in [-0.15, -0.1) is 11.3 Å². The largest absolute Gasteiger partial charge is 0.301 e. The summed E-state index contributed by atoms with van der Waals surface area (Å²) < 4.78 is 0. The van der Waals surface area contributed by atoms with Gasteiger partial charge in [0.05, 0.1) is 15.4 Å². The zero-order chi connectivity index (χ0) is 22.0. The second-order valence-corrected chi connectivity index (χ2v) is 9.72. The summed E-state index contributed by atoms with van der Waals surface area (Å²) in [5, 5.41) is 22.5. The first-order valence-electron chi connectivity index (χ1n) is 9.43. The van der Waals surface area contributed by atoms with Crippen molar-refractivity contribution in [3.63, 3.8) is 0 Å². The molecule has 156 valence electrons. The molecule has 0 fully saturated rings. The Hall–Kier alpha value is -2.70. The predicted octanol–water partition coefficient (Wildman–Crippen LogP) is 6.07. The van der Waals surface area contributed by atoms with Gasteiger partial charge in [0.25, 0.3) is 5.69 Å². The number of fused-ring (bicyclic) bond motifs is 1. The Kier molecular flexibility index (Phi) is 6.39. The molecular weight excluding hydrogens is 452 g/mol. The molecule has 2 aromatic carbocycles. The summed E-state index contributed by atoms with van der Waals surface area (Å²) in [6, 6.07) is 14.5. The van der Waals surface area contributed by atoms with E-state index in [1.54, 1.807) is 30.5 Å². The molecule has 0 N–H and O–H groups in total. The summed E-state index contributed by atoms with van der Waals surface area (Å²) in [5.41, 5.74) is 2.32. The normalized spacial score (nSPS) is 13.8. The number of aliphatic imine (C=N–C) groups is 1. The first-order valence-corrected chi connectivity index (χ1v) is 11.4. The molecule has 1 aliphatic heterocycles. The molecule has 3 aromatic rings. The molecule has 1 aromatic heterocycles. The minimum Gasteiger partial charge on any atom is -0.301 e. The zero-order valence-electron chi connectivity index (χ0n) is 16.5. The summed E-state index contributed by atoms with van der Waals surface area (Å²) in [6.07, 6.45) is 2.43. The van der Waals surface area contributed by atoms with Crippen LogP contribution in [0.1, 0.15) is 21.6 Å². The van der Waals surface area contributed by atoms with Crippen LogP contribution in [0, 0.1) is 21.4 Å². The predicted molar refractivity (Wildman–Crippen MR) is 125 cm³/mol. The SMILES string of the molecule is CN1CCc2c(sc(N=Cc3ccc(Sc4ccc(Cl)cc4)c([N+](=O)[O-])c3)c2C#N)C1. The van der Waals surface area contributed by atoms with Crippen molar-refractivity contribution in [3.05, 3.63) is 79.2 Å². The second kappa shape index (κ2) is 9.20. The van der Waals surface area contributed by atoms with E-state index in [0.29, 0.717) is 26.0 Å². The molecule has 0 atom stereocenters. The number of halogens is 1. The van der Waals surface area contributed by atoms with Gasteiger partial charge in [-0.25, -0.2) is 4.99 Å². The van der Waals surface area contributed by atoms with E-state index in [1.807, 2.05) is 12.1 Å². The highest BCUT2D eigenvalue weighted by Crippen LogP contribution is 2.39. The Labute approximate surface area is 192 Å². The minimum atomic E-state index is -0.393. The van der Waals surface area contributed by atoms with Gasteiger partial charge in [-0.1, -0.05) is 29.4 Å². The van der Waals surface area contributed by atoms with Crippen molar-refractivity contribution in [1.29, 1.82) is 5.26 Å². The summed E-state index contributed by atoms with van der Waals surface area (Å²) >= 11 is 8.73. The van der Waals surface area contributed by atoms with Gasteiger partial charge in [-0.05, 0) is 54.9 Å². The monoisotopic (exact) mass is 468 g/mol. The maximum absolute atomic E-state index is 11.6. The summed E-state index contributed by atoms with van der Waals surface area (Å²) in [5.74, 6) is 0. The van der Waals surface area contributed by atoms with Gasteiger partial charge < -0.3 is 4.90 Å². The molecule has 0 saturated carbocycles. The number of hydrogen-bond donors (Lipinski definition) is 0. The maximum atomic E-state index is 11.6. The van der Waals surface area contributed by atoms with E-state index >= 15 is 0 Å². The number of benzene rings is 2. The van der Waals surface area contributed by atoms with E-state index in [0.717, 1.165) is 34.8 Å². The van der Waals surface area contributed by atoms with Crippen LogP contribution < -0.4 is 0 Å². The van der Waals surface area contributed by atoms with Gasteiger partial charge in [0, 0.05) is 40.2 Å². The van der Waals surface area contributed by atoms with Crippen LogP contribution in [0.15, 0.2) is 57.2 Å². The van der Waals surface area contributed by atoms with Crippen molar-refractivity contribution in [2.45, 2.75) is 22.8 Å². The van der Waals surface area contributed by atoms with Crippen molar-refractivity contribution >= 4 is 51.6 Å². The lowest BCUT2D eigenvalue weighted by Gasteiger charge is -2.21. The number of hydrogen-bond acceptors (Lipinski definition) is 7. The molecule has 0 saturated heterocycles. The highest BCUT2D eigenvalue weighted by Gasteiger charge is 2.22. The number of thiophene rings is 1. The first-order chi connectivity index (χ1) is 14.9. The fourth-order valence-corrected chi connectivity index (χ4v) is 5.58. The third kappa shape index (κ3) is 4.81. The van der Waals surface area contributed by atoms with Gasteiger partial charge >= 0.3 is 0 Å². The van der Waals surface area contributed by atoms with Crippen LogP contribution in [-0.4, -0.2) is 29.6 Å². The van der Waals surface area contributed by atoms with E-state index in [9.17, 15) is 15.4 Å². The van der Waals surface area contributed by atoms with E-state index in [2.05, 4.69) is 23.0 Å². The van der Waals surface area contributed by atoms with Crippen LogP contribution in [0.25, 0.3) is 0 Å². The topological polar surface area (TPSA) is 82.5 Å². The van der Waals surface area contributed by atoms with Crippen LogP contribution in [-0.2, 0) is 13.0 Å². The van der Waals surface area contributed by atoms with E-state index in [4.69, 9.17) is 11.6 Å². The lowest BCUT2D eigenvalue weighted by molar-refractivity contribution is -0.387. The molecule has 9 heteroatoms. The number of likely N-dealkylation sites (N-methyl/N-ethyl adjacent to an activating group) is 1. The number of nitrogens with zero attached hydrogens (tertiary/aromatic N) is 4. The van der Waals surface area contributed by atoms with Gasteiger partial charge in [0.1, 0.15) is 11.1 Å². The quantitative estimate of drug-likeness (QED) is 0.258. The van der Waals surface area contributed by atoms with Gasteiger partial charge in [-0.2, -0.15) is 5.26 Å². The molecule has 0 aliphatic carbocycles. The Balaban J connectivity index is 1.61. The van der Waals surface area contributed by atoms with Crippen molar-refractivity contribution in [2.24, 2.45) is 4.99 Å². The van der Waals surface area contributed by atoms with Gasteiger partial charge in [-0.3, -0.25) is 10.1 Å². The molecule has 0 unspecified atom stereocenters. The van der Waals surface area contributed by atoms with Crippen molar-refractivity contribution < 1.29 is 4.92 Å². The molecule has 0 radical (unpaired) electrons. The third-order valence-electron chi connectivity index (χ3n) is 4.89. The number of nitro benzene ring substituents is 1. The molecule has 0 amide bonds. The number of nitro groups is 1. The average Bonchev–Trinajstić information content (AvgIpc) is 3.10. The summed E-state index contributed by atoms with van der Waals surface area (Å²) in [6.45, 7) is 1.73. The standard InChI is InChI=1S/C22H17ClN4O2S2/c1-26-9-8-17-18(11-24)22(31-21(17)13-26)25-12-14-2-7-20(19(10-14)27(28)29)30-16-5-3-15(23)4-6-16/h2-7,10,12H,8-9,13H2,1H3. The van der Waals surface area contributed by atoms with Crippen molar-refractivity contribution in [1.82, 2.24) is 4.90 Å². The van der Waals surface area contributed by atoms with Crippen molar-refractivity contribution in [2.75, 3.05) is 13.6 Å². The average molecular weight is 469 g/mol. The summed E-state index contributed by atoms with van der Waals surface area (Å²) in [4.78, 5) is 20.5. The summed E-state index contributed by atoms with van der Waals surface area (Å²) in [7, 11) is 2.06. The van der Waals surface area contributed by atoms with Crippen LogP contribution in [0.5, 0.6) is 0 Å². The molecule has 4 rings (SSSR count). The zero-order valence-corrected chi connectivity index (χ0v) is 18.9. The number of nitriles is 1. The van der Waals surface area contributed by atoms with E-state index in [-0.39, 0.29) is 5.69 Å². The van der Waals surface area contributed by atoms with Crippen LogP contribution in [0.2, 0.25) is 5.02 Å². The smallest absolute Gasteiger partial charge is 0.283 e. The molecule has 6 nitrogen and oxygen atoms in total. The second-order valence-electron chi connectivity index (χ2n) is 7.08. The molecular formula is C22H17ClN4O2S2. The third-order valence-corrected chi connectivity index (χ3v) is 7.34.